The van der Waals surface area contributed by atoms with Crippen LogP contribution in [0.25, 0.3) is 11.7 Å². The van der Waals surface area contributed by atoms with Crippen LogP contribution >= 0.6 is 24.0 Å². The molecule has 3 aromatic rings. The van der Waals surface area contributed by atoms with Crippen LogP contribution in [-0.2, 0) is 4.79 Å². The molecule has 2 aliphatic rings. The summed E-state index contributed by atoms with van der Waals surface area (Å²) >= 11 is 6.80. The summed E-state index contributed by atoms with van der Waals surface area (Å²) in [4.78, 5) is 33.8. The summed E-state index contributed by atoms with van der Waals surface area (Å²) in [5, 5.41) is 13.8. The van der Waals surface area contributed by atoms with Gasteiger partial charge in [-0.25, -0.2) is 4.98 Å². The summed E-state index contributed by atoms with van der Waals surface area (Å²) in [6.07, 6.45) is 7.74. The van der Waals surface area contributed by atoms with E-state index in [2.05, 4.69) is 5.32 Å². The molecule has 9 heteroatoms. The molecule has 1 saturated carbocycles. The van der Waals surface area contributed by atoms with Gasteiger partial charge in [0.15, 0.2) is 0 Å². The van der Waals surface area contributed by atoms with E-state index in [9.17, 15) is 14.7 Å². The summed E-state index contributed by atoms with van der Waals surface area (Å²) < 4.78 is 2.03. The van der Waals surface area contributed by atoms with Crippen LogP contribution in [0, 0.1) is 6.92 Å². The normalized spacial score (nSPS) is 18.8. The number of aliphatic hydroxyl groups is 1. The van der Waals surface area contributed by atoms with Crippen molar-refractivity contribution >= 4 is 51.7 Å². The monoisotopic (exact) mass is 520 g/mol. The second kappa shape index (κ2) is 10.5. The number of carbonyl (C=O) groups excluding carboxylic acids is 1. The Kier molecular flexibility index (Phi) is 7.22. The van der Waals surface area contributed by atoms with Gasteiger partial charge in [-0.05, 0) is 43.0 Å². The predicted molar refractivity (Wildman–Crippen MR) is 148 cm³/mol. The van der Waals surface area contributed by atoms with Gasteiger partial charge in [-0.2, -0.15) is 0 Å². The lowest BCUT2D eigenvalue weighted by Gasteiger charge is -2.29. The van der Waals surface area contributed by atoms with Gasteiger partial charge in [0.2, 0.25) is 0 Å². The lowest BCUT2D eigenvalue weighted by Crippen LogP contribution is -2.39. The fourth-order valence-electron chi connectivity index (χ4n) is 4.83. The van der Waals surface area contributed by atoms with E-state index in [1.165, 1.54) is 22.6 Å². The molecule has 1 saturated heterocycles. The van der Waals surface area contributed by atoms with Gasteiger partial charge in [-0.3, -0.25) is 18.9 Å². The molecular formula is C27H28N4O3S2. The number of aliphatic hydroxyl groups excluding tert-OH is 1. The summed E-state index contributed by atoms with van der Waals surface area (Å²) in [7, 11) is 0. The fraction of sp³-hybridized carbons (Fsp3) is 0.333. The number of aryl methyl sites for hydroxylation is 1. The van der Waals surface area contributed by atoms with E-state index in [0.29, 0.717) is 20.7 Å². The number of nitrogens with one attached hydrogen (secondary N) is 1. The lowest BCUT2D eigenvalue weighted by atomic mass is 9.94. The number of pyridine rings is 1. The molecule has 186 valence electrons. The number of benzene rings is 1. The zero-order chi connectivity index (χ0) is 25.2. The summed E-state index contributed by atoms with van der Waals surface area (Å²) in [5.74, 6) is 0.174. The van der Waals surface area contributed by atoms with E-state index in [1.54, 1.807) is 23.2 Å². The van der Waals surface area contributed by atoms with Crippen LogP contribution in [0.4, 0.5) is 5.82 Å². The highest BCUT2D eigenvalue weighted by Crippen LogP contribution is 2.37. The first kappa shape index (κ1) is 24.7. The smallest absolute Gasteiger partial charge is 0.267 e. The number of rotatable bonds is 6. The SMILES string of the molecule is Cc1cccn2c(=O)c(C=C3SC(=S)N(C4CCCCC4)C3=O)c(NCC(O)c3ccccc3)nc12. The highest BCUT2D eigenvalue weighted by Gasteiger charge is 2.37. The van der Waals surface area contributed by atoms with E-state index < -0.39 is 6.10 Å². The third-order valence-corrected chi connectivity index (χ3v) is 8.10. The van der Waals surface area contributed by atoms with Crippen molar-refractivity contribution in [2.75, 3.05) is 11.9 Å². The zero-order valence-corrected chi connectivity index (χ0v) is 21.6. The minimum atomic E-state index is -0.791. The Morgan fingerprint density at radius 3 is 2.67 bits per heavy atom. The maximum Gasteiger partial charge on any atom is 0.267 e. The molecule has 1 amide bonds. The number of hydrogen-bond acceptors (Lipinski definition) is 7. The number of amides is 1. The zero-order valence-electron chi connectivity index (χ0n) is 20.0. The summed E-state index contributed by atoms with van der Waals surface area (Å²) in [6.45, 7) is 2.04. The van der Waals surface area contributed by atoms with Gasteiger partial charge in [0.1, 0.15) is 15.8 Å². The van der Waals surface area contributed by atoms with Gasteiger partial charge in [0.05, 0.1) is 16.6 Å². The molecular weight excluding hydrogens is 492 g/mol. The first-order valence-corrected chi connectivity index (χ1v) is 13.4. The molecule has 36 heavy (non-hydrogen) atoms. The lowest BCUT2D eigenvalue weighted by molar-refractivity contribution is -0.124. The van der Waals surface area contributed by atoms with Crippen molar-refractivity contribution in [3.05, 3.63) is 80.6 Å². The molecule has 0 spiro atoms. The third-order valence-electron chi connectivity index (χ3n) is 6.77. The van der Waals surface area contributed by atoms with Crippen LogP contribution in [0.2, 0.25) is 0 Å². The summed E-state index contributed by atoms with van der Waals surface area (Å²) in [5.41, 5.74) is 2.10. The molecule has 1 aromatic carbocycles. The minimum Gasteiger partial charge on any atom is -0.387 e. The molecule has 0 radical (unpaired) electrons. The number of fused-ring (bicyclic) bond motifs is 1. The van der Waals surface area contributed by atoms with Crippen LogP contribution in [0.15, 0.2) is 58.4 Å². The molecule has 1 unspecified atom stereocenters. The van der Waals surface area contributed by atoms with Crippen LogP contribution in [0.3, 0.4) is 0 Å². The third kappa shape index (κ3) is 4.83. The molecule has 3 heterocycles. The first-order valence-electron chi connectivity index (χ1n) is 12.2. The van der Waals surface area contributed by atoms with Gasteiger partial charge in [-0.1, -0.05) is 79.6 Å². The molecule has 1 aliphatic carbocycles. The topological polar surface area (TPSA) is 86.9 Å². The van der Waals surface area contributed by atoms with Crippen LogP contribution < -0.4 is 10.9 Å². The van der Waals surface area contributed by atoms with Gasteiger partial charge < -0.3 is 10.4 Å². The maximum atomic E-state index is 13.6. The average Bonchev–Trinajstić information content (AvgIpc) is 3.18. The Bertz CT molecular complexity index is 1400. The molecule has 5 rings (SSSR count). The van der Waals surface area contributed by atoms with Crippen LogP contribution in [0.1, 0.15) is 54.9 Å². The van der Waals surface area contributed by atoms with Crippen molar-refractivity contribution < 1.29 is 9.90 Å². The Hall–Kier alpha value is -3.01. The number of nitrogens with zero attached hydrogens (tertiary/aromatic N) is 3. The Balaban J connectivity index is 1.52. The van der Waals surface area contributed by atoms with Crippen molar-refractivity contribution in [3.63, 3.8) is 0 Å². The van der Waals surface area contributed by atoms with E-state index in [0.717, 1.165) is 36.8 Å². The molecule has 1 aliphatic heterocycles. The second-order valence-corrected chi connectivity index (χ2v) is 10.9. The predicted octanol–water partition coefficient (Wildman–Crippen LogP) is 4.68. The fourth-order valence-corrected chi connectivity index (χ4v) is 6.21. The molecule has 7 nitrogen and oxygen atoms in total. The van der Waals surface area contributed by atoms with E-state index >= 15 is 0 Å². The summed E-state index contributed by atoms with van der Waals surface area (Å²) in [6, 6.07) is 13.1. The van der Waals surface area contributed by atoms with E-state index in [4.69, 9.17) is 17.2 Å². The van der Waals surface area contributed by atoms with Crippen molar-refractivity contribution in [1.29, 1.82) is 0 Å². The first-order chi connectivity index (χ1) is 17.4. The van der Waals surface area contributed by atoms with E-state index in [-0.39, 0.29) is 29.6 Å². The molecule has 2 fully saturated rings. The van der Waals surface area contributed by atoms with Crippen molar-refractivity contribution in [1.82, 2.24) is 14.3 Å². The van der Waals surface area contributed by atoms with Crippen molar-refractivity contribution in [2.24, 2.45) is 0 Å². The van der Waals surface area contributed by atoms with Gasteiger partial charge in [0, 0.05) is 18.8 Å². The Labute approximate surface area is 219 Å². The number of anilines is 1. The maximum absolute atomic E-state index is 13.6. The Morgan fingerprint density at radius 1 is 1.17 bits per heavy atom. The molecule has 0 bridgehead atoms. The van der Waals surface area contributed by atoms with Crippen molar-refractivity contribution in [3.8, 4) is 0 Å². The largest absolute Gasteiger partial charge is 0.387 e. The van der Waals surface area contributed by atoms with Crippen LogP contribution in [0.5, 0.6) is 0 Å². The highest BCUT2D eigenvalue weighted by atomic mass is 32.2. The molecule has 2 N–H and O–H groups in total. The average molecular weight is 521 g/mol. The highest BCUT2D eigenvalue weighted by molar-refractivity contribution is 8.26. The Morgan fingerprint density at radius 2 is 1.92 bits per heavy atom. The van der Waals surface area contributed by atoms with E-state index in [1.807, 2.05) is 43.3 Å². The minimum absolute atomic E-state index is 0.120. The number of aromatic nitrogens is 2. The number of carbonyl (C=O) groups is 1. The quantitative estimate of drug-likeness (QED) is 0.360. The van der Waals surface area contributed by atoms with Gasteiger partial charge in [0.25, 0.3) is 11.5 Å². The second-order valence-electron chi connectivity index (χ2n) is 9.21. The number of hydrogen-bond donors (Lipinski definition) is 2. The van der Waals surface area contributed by atoms with Gasteiger partial charge >= 0.3 is 0 Å². The van der Waals surface area contributed by atoms with Crippen LogP contribution in [-0.4, -0.2) is 42.2 Å². The standard InChI is InChI=1S/C27H28N4O3S2/c1-17-9-8-14-30-24(17)29-23(28-16-21(32)18-10-4-2-5-11-18)20(25(30)33)15-22-26(34)31(27(35)36-22)19-12-6-3-7-13-19/h2,4-5,8-11,14-15,19,21,28,32H,3,6-7,12-13,16H2,1H3. The van der Waals surface area contributed by atoms with Gasteiger partial charge in [-0.15, -0.1) is 0 Å². The number of thioether (sulfide) groups is 1. The molecule has 2 aromatic heterocycles. The number of thiocarbonyl (C=S) groups is 1. The molecule has 1 atom stereocenters. The van der Waals surface area contributed by atoms with Crippen molar-refractivity contribution in [2.45, 2.75) is 51.2 Å².